The van der Waals surface area contributed by atoms with Crippen molar-refractivity contribution < 1.29 is 35.2 Å². The largest absolute Gasteiger partial charge is 0.397 e. The summed E-state index contributed by atoms with van der Waals surface area (Å²) >= 11 is 5.84. The van der Waals surface area contributed by atoms with Gasteiger partial charge in [0, 0.05) is 16.3 Å². The standard InChI is InChI=1S/C26H22ClN5O9S2/c27-18-6-8-19(9-7-18)28-22(33)16-23(34)32-26(35)25(24(31-32)17-4-2-1-3-5-17)30-29-20-10-12-21(13-11-20)42(36,37)15-14-41-43(38,39)40/h1-13,31H,14-16H2,(H,28,33)(H,38,39,40). The number of anilines is 1. The molecule has 1 heterocycles. The lowest BCUT2D eigenvalue weighted by atomic mass is 10.1. The van der Waals surface area contributed by atoms with E-state index in [9.17, 15) is 31.2 Å². The summed E-state index contributed by atoms with van der Waals surface area (Å²) in [5.41, 5.74) is 0.0958. The summed E-state index contributed by atoms with van der Waals surface area (Å²) in [6, 6.07) is 19.7. The van der Waals surface area contributed by atoms with Crippen LogP contribution in [0.5, 0.6) is 0 Å². The zero-order chi connectivity index (χ0) is 31.2. The first-order valence-corrected chi connectivity index (χ1v) is 15.6. The molecule has 0 aliphatic rings. The molecule has 1 amide bonds. The summed E-state index contributed by atoms with van der Waals surface area (Å²) in [6.07, 6.45) is -0.668. The van der Waals surface area contributed by atoms with Gasteiger partial charge in [0.2, 0.25) is 5.91 Å². The van der Waals surface area contributed by atoms with Crippen molar-refractivity contribution in [2.24, 2.45) is 10.2 Å². The van der Waals surface area contributed by atoms with Crippen molar-refractivity contribution in [3.8, 4) is 11.3 Å². The van der Waals surface area contributed by atoms with Gasteiger partial charge in [0.1, 0.15) is 6.42 Å². The average Bonchev–Trinajstić information content (AvgIpc) is 3.29. The molecule has 0 unspecified atom stereocenters. The number of benzene rings is 3. The maximum atomic E-state index is 13.2. The molecule has 14 nitrogen and oxygen atoms in total. The smallest absolute Gasteiger partial charge is 0.326 e. The molecule has 4 aromatic rings. The fourth-order valence-corrected chi connectivity index (χ4v) is 5.27. The summed E-state index contributed by atoms with van der Waals surface area (Å²) < 4.78 is 59.4. The van der Waals surface area contributed by atoms with Gasteiger partial charge in [-0.3, -0.25) is 24.0 Å². The Hall–Kier alpha value is -4.48. The molecule has 0 saturated carbocycles. The molecule has 0 atom stereocenters. The van der Waals surface area contributed by atoms with Crippen LogP contribution in [-0.4, -0.2) is 55.3 Å². The van der Waals surface area contributed by atoms with Crippen molar-refractivity contribution in [3.05, 3.63) is 94.2 Å². The van der Waals surface area contributed by atoms with Gasteiger partial charge in [0.05, 0.1) is 28.6 Å². The zero-order valence-electron chi connectivity index (χ0n) is 21.9. The molecule has 0 aliphatic heterocycles. The van der Waals surface area contributed by atoms with Crippen LogP contribution in [0.15, 0.2) is 98.8 Å². The summed E-state index contributed by atoms with van der Waals surface area (Å²) in [6.45, 7) is -0.786. The van der Waals surface area contributed by atoms with Crippen LogP contribution in [0.3, 0.4) is 0 Å². The third-order valence-corrected chi connectivity index (χ3v) is 8.07. The van der Waals surface area contributed by atoms with E-state index >= 15 is 0 Å². The van der Waals surface area contributed by atoms with E-state index in [1.165, 1.54) is 24.3 Å². The predicted molar refractivity (Wildman–Crippen MR) is 156 cm³/mol. The van der Waals surface area contributed by atoms with Gasteiger partial charge in [-0.25, -0.2) is 12.6 Å². The van der Waals surface area contributed by atoms with E-state index in [0.29, 0.717) is 21.0 Å². The Bertz CT molecular complexity index is 1940. The fraction of sp³-hybridized carbons (Fsp3) is 0.115. The molecule has 0 spiro atoms. The minimum absolute atomic E-state index is 0.146. The van der Waals surface area contributed by atoms with Gasteiger partial charge >= 0.3 is 16.0 Å². The number of H-pyrrole nitrogens is 1. The van der Waals surface area contributed by atoms with Crippen molar-refractivity contribution in [2.75, 3.05) is 17.7 Å². The first-order valence-electron chi connectivity index (χ1n) is 12.2. The SMILES string of the molecule is O=C(CC(=O)n1[nH]c(-c2ccccc2)c(N=Nc2ccc(S(=O)(=O)CCOS(=O)(=O)O)cc2)c1=O)Nc1ccc(Cl)cc1. The number of nitrogens with one attached hydrogen (secondary N) is 2. The van der Waals surface area contributed by atoms with Crippen LogP contribution >= 0.6 is 11.6 Å². The van der Waals surface area contributed by atoms with Gasteiger partial charge in [-0.1, -0.05) is 41.9 Å². The van der Waals surface area contributed by atoms with Gasteiger partial charge in [-0.2, -0.15) is 18.2 Å². The zero-order valence-corrected chi connectivity index (χ0v) is 24.3. The minimum atomic E-state index is -4.79. The second-order valence-corrected chi connectivity index (χ2v) is 12.4. The Morgan fingerprint density at radius 1 is 0.930 bits per heavy atom. The van der Waals surface area contributed by atoms with Gasteiger partial charge in [-0.15, -0.1) is 5.11 Å². The first-order chi connectivity index (χ1) is 20.3. The molecule has 17 heteroatoms. The molecular weight excluding hydrogens is 626 g/mol. The van der Waals surface area contributed by atoms with E-state index in [0.717, 1.165) is 0 Å². The van der Waals surface area contributed by atoms with Crippen LogP contribution in [0.1, 0.15) is 11.2 Å². The Morgan fingerprint density at radius 2 is 1.58 bits per heavy atom. The number of aromatic nitrogens is 2. The van der Waals surface area contributed by atoms with Gasteiger partial charge in [-0.05, 0) is 48.5 Å². The molecule has 0 radical (unpaired) electrons. The molecule has 224 valence electrons. The lowest BCUT2D eigenvalue weighted by Crippen LogP contribution is -2.28. The number of azo groups is 1. The summed E-state index contributed by atoms with van der Waals surface area (Å²) in [4.78, 5) is 38.4. The molecule has 1 aromatic heterocycles. The van der Waals surface area contributed by atoms with Crippen LogP contribution in [0.25, 0.3) is 11.3 Å². The molecule has 0 aliphatic carbocycles. The van der Waals surface area contributed by atoms with Crippen molar-refractivity contribution in [2.45, 2.75) is 11.3 Å². The highest BCUT2D eigenvalue weighted by Crippen LogP contribution is 2.28. The Morgan fingerprint density at radius 3 is 2.21 bits per heavy atom. The van der Waals surface area contributed by atoms with E-state index in [1.54, 1.807) is 54.6 Å². The number of carbonyl (C=O) groups excluding carboxylic acids is 2. The topological polar surface area (TPSA) is 206 Å². The van der Waals surface area contributed by atoms with E-state index in [2.05, 4.69) is 24.8 Å². The molecule has 4 rings (SSSR count). The highest BCUT2D eigenvalue weighted by atomic mass is 35.5. The van der Waals surface area contributed by atoms with Crippen molar-refractivity contribution in [1.29, 1.82) is 0 Å². The third-order valence-electron chi connectivity index (χ3n) is 5.66. The number of carbonyl (C=O) groups is 2. The second kappa shape index (κ2) is 13.2. The van der Waals surface area contributed by atoms with Crippen molar-refractivity contribution in [1.82, 2.24) is 9.78 Å². The molecule has 3 aromatic carbocycles. The Labute approximate surface area is 249 Å². The quantitative estimate of drug-likeness (QED) is 0.121. The molecule has 43 heavy (non-hydrogen) atoms. The highest BCUT2D eigenvalue weighted by molar-refractivity contribution is 7.91. The maximum Gasteiger partial charge on any atom is 0.397 e. The minimum Gasteiger partial charge on any atom is -0.326 e. The number of sulfone groups is 1. The number of halogens is 1. The number of hydrogen-bond donors (Lipinski definition) is 3. The van der Waals surface area contributed by atoms with Crippen LogP contribution in [0.4, 0.5) is 17.1 Å². The Balaban J connectivity index is 1.56. The van der Waals surface area contributed by atoms with E-state index in [4.69, 9.17) is 16.2 Å². The number of nitrogens with zero attached hydrogens (tertiary/aromatic N) is 3. The van der Waals surface area contributed by atoms with Crippen molar-refractivity contribution >= 4 is 60.7 Å². The van der Waals surface area contributed by atoms with Crippen LogP contribution in [0.2, 0.25) is 5.02 Å². The average molecular weight is 648 g/mol. The van der Waals surface area contributed by atoms with Gasteiger partial charge in [0.15, 0.2) is 15.5 Å². The normalized spacial score (nSPS) is 12.0. The van der Waals surface area contributed by atoms with E-state index in [1.807, 2.05) is 0 Å². The number of aromatic amines is 1. The fourth-order valence-electron chi connectivity index (χ4n) is 3.65. The highest BCUT2D eigenvalue weighted by Gasteiger charge is 2.22. The van der Waals surface area contributed by atoms with Crippen LogP contribution in [-0.2, 0) is 29.2 Å². The predicted octanol–water partition coefficient (Wildman–Crippen LogP) is 4.17. The lowest BCUT2D eigenvalue weighted by Gasteiger charge is -2.05. The number of rotatable bonds is 11. The maximum absolute atomic E-state index is 13.2. The first kappa shape index (κ1) is 31.5. The van der Waals surface area contributed by atoms with E-state index < -0.39 is 56.4 Å². The lowest BCUT2D eigenvalue weighted by molar-refractivity contribution is -0.115. The van der Waals surface area contributed by atoms with Crippen LogP contribution < -0.4 is 10.9 Å². The number of hydrogen-bond acceptors (Lipinski definition) is 10. The third kappa shape index (κ3) is 8.52. The summed E-state index contributed by atoms with van der Waals surface area (Å²) in [7, 11) is -8.75. The summed E-state index contributed by atoms with van der Waals surface area (Å²) in [5, 5.41) is 13.7. The van der Waals surface area contributed by atoms with Gasteiger partial charge < -0.3 is 5.32 Å². The van der Waals surface area contributed by atoms with E-state index in [-0.39, 0.29) is 22.0 Å². The summed E-state index contributed by atoms with van der Waals surface area (Å²) in [5.74, 6) is -2.25. The molecular formula is C26H22ClN5O9S2. The van der Waals surface area contributed by atoms with Crippen molar-refractivity contribution in [3.63, 3.8) is 0 Å². The number of amides is 1. The Kier molecular flexibility index (Phi) is 9.67. The van der Waals surface area contributed by atoms with Crippen LogP contribution in [0, 0.1) is 0 Å². The molecule has 3 N–H and O–H groups in total. The molecule has 0 fully saturated rings. The second-order valence-electron chi connectivity index (χ2n) is 8.73. The molecule has 0 bridgehead atoms. The van der Waals surface area contributed by atoms with Gasteiger partial charge in [0.25, 0.3) is 5.91 Å². The monoisotopic (exact) mass is 647 g/mol. The molecule has 0 saturated heterocycles.